The molecule has 1 aromatic rings. The molecular formula is C16H26FN3O. The molecule has 3 unspecified atom stereocenters. The van der Waals surface area contributed by atoms with Crippen LogP contribution in [0.3, 0.4) is 0 Å². The summed E-state index contributed by atoms with van der Waals surface area (Å²) in [5.41, 5.74) is 0.537. The number of nitrogens with zero attached hydrogens (tertiary/aromatic N) is 3. The van der Waals surface area contributed by atoms with Gasteiger partial charge in [0.1, 0.15) is 5.82 Å². The number of aromatic nitrogens is 1. The Hall–Kier alpha value is -1.04. The predicted octanol–water partition coefficient (Wildman–Crippen LogP) is 1.92. The maximum Gasteiger partial charge on any atom is 0.141 e. The maximum absolute atomic E-state index is 12.9. The standard InChI is InChI=1S/C16H26FN3O/c1-12(16(21)15-7-6-13(17)9-18-15)10-19(2)11-14-5-4-8-20(14)3/h6-7,9,12,14,16,21H,4-5,8,10-11H2,1-3H3. The van der Waals surface area contributed by atoms with Gasteiger partial charge in [-0.05, 0) is 45.6 Å². The normalized spacial score (nSPS) is 22.7. The van der Waals surface area contributed by atoms with Crippen molar-refractivity contribution < 1.29 is 9.50 Å². The van der Waals surface area contributed by atoms with E-state index >= 15 is 0 Å². The highest BCUT2D eigenvalue weighted by atomic mass is 19.1. The molecule has 0 spiro atoms. The molecule has 0 radical (unpaired) electrons. The van der Waals surface area contributed by atoms with E-state index in [9.17, 15) is 9.50 Å². The lowest BCUT2D eigenvalue weighted by molar-refractivity contribution is 0.0853. The average molecular weight is 295 g/mol. The van der Waals surface area contributed by atoms with Crippen LogP contribution < -0.4 is 0 Å². The third-order valence-electron chi connectivity index (χ3n) is 4.39. The number of likely N-dealkylation sites (N-methyl/N-ethyl adjacent to an activating group) is 2. The van der Waals surface area contributed by atoms with Crippen molar-refractivity contribution in [1.82, 2.24) is 14.8 Å². The molecule has 0 bridgehead atoms. The zero-order chi connectivity index (χ0) is 15.4. The minimum Gasteiger partial charge on any atom is -0.386 e. The van der Waals surface area contributed by atoms with Gasteiger partial charge in [0.15, 0.2) is 0 Å². The number of aliphatic hydroxyl groups is 1. The number of likely N-dealkylation sites (tertiary alicyclic amines) is 1. The minimum atomic E-state index is -0.658. The molecule has 0 aromatic carbocycles. The first-order valence-electron chi connectivity index (χ1n) is 7.65. The zero-order valence-corrected chi connectivity index (χ0v) is 13.2. The summed E-state index contributed by atoms with van der Waals surface area (Å²) >= 11 is 0. The van der Waals surface area contributed by atoms with Gasteiger partial charge < -0.3 is 14.9 Å². The quantitative estimate of drug-likeness (QED) is 0.870. The summed E-state index contributed by atoms with van der Waals surface area (Å²) in [6, 6.07) is 3.51. The molecular weight excluding hydrogens is 269 g/mol. The Morgan fingerprint density at radius 3 is 2.86 bits per heavy atom. The van der Waals surface area contributed by atoms with Crippen molar-refractivity contribution in [2.45, 2.75) is 31.9 Å². The Morgan fingerprint density at radius 2 is 2.29 bits per heavy atom. The third-order valence-corrected chi connectivity index (χ3v) is 4.39. The predicted molar refractivity (Wildman–Crippen MR) is 81.5 cm³/mol. The summed E-state index contributed by atoms with van der Waals surface area (Å²) in [4.78, 5) is 8.64. The number of halogens is 1. The van der Waals surface area contributed by atoms with Gasteiger partial charge in [0, 0.05) is 25.0 Å². The fraction of sp³-hybridized carbons (Fsp3) is 0.688. The van der Waals surface area contributed by atoms with Gasteiger partial charge in [-0.3, -0.25) is 4.98 Å². The van der Waals surface area contributed by atoms with E-state index in [0.717, 1.165) is 19.3 Å². The summed E-state index contributed by atoms with van der Waals surface area (Å²) in [7, 11) is 4.26. The molecule has 5 heteroatoms. The second kappa shape index (κ2) is 7.29. The van der Waals surface area contributed by atoms with Crippen LogP contribution in [-0.2, 0) is 0 Å². The Balaban J connectivity index is 1.84. The van der Waals surface area contributed by atoms with E-state index in [2.05, 4.69) is 28.9 Å². The molecule has 2 heterocycles. The Labute approximate surface area is 126 Å². The first-order valence-corrected chi connectivity index (χ1v) is 7.65. The van der Waals surface area contributed by atoms with Crippen molar-refractivity contribution in [1.29, 1.82) is 0 Å². The lowest BCUT2D eigenvalue weighted by atomic mass is 10.0. The lowest BCUT2D eigenvalue weighted by Gasteiger charge is -2.29. The number of rotatable bonds is 6. The third kappa shape index (κ3) is 4.46. The molecule has 21 heavy (non-hydrogen) atoms. The molecule has 1 aromatic heterocycles. The van der Waals surface area contributed by atoms with Crippen LogP contribution in [0.15, 0.2) is 18.3 Å². The molecule has 1 N–H and O–H groups in total. The molecule has 1 aliphatic heterocycles. The summed E-state index contributed by atoms with van der Waals surface area (Å²) in [5.74, 6) is -0.320. The smallest absolute Gasteiger partial charge is 0.141 e. The Kier molecular flexibility index (Phi) is 5.67. The summed E-state index contributed by atoms with van der Waals surface area (Å²) in [6.45, 7) is 5.00. The van der Waals surface area contributed by atoms with Crippen LogP contribution in [0.25, 0.3) is 0 Å². The van der Waals surface area contributed by atoms with Crippen molar-refractivity contribution >= 4 is 0 Å². The first kappa shape index (κ1) is 16.3. The van der Waals surface area contributed by atoms with Crippen molar-refractivity contribution in [3.05, 3.63) is 29.8 Å². The monoisotopic (exact) mass is 295 g/mol. The van der Waals surface area contributed by atoms with Crippen LogP contribution in [0.1, 0.15) is 31.6 Å². The number of aliphatic hydroxyl groups excluding tert-OH is 1. The van der Waals surface area contributed by atoms with Gasteiger partial charge in [0.2, 0.25) is 0 Å². The fourth-order valence-electron chi connectivity index (χ4n) is 3.09. The van der Waals surface area contributed by atoms with E-state index in [0.29, 0.717) is 11.7 Å². The number of pyridine rings is 1. The van der Waals surface area contributed by atoms with Gasteiger partial charge >= 0.3 is 0 Å². The van der Waals surface area contributed by atoms with E-state index < -0.39 is 6.10 Å². The van der Waals surface area contributed by atoms with Gasteiger partial charge in [-0.25, -0.2) is 4.39 Å². The van der Waals surface area contributed by atoms with Crippen LogP contribution in [0.5, 0.6) is 0 Å². The molecule has 1 fully saturated rings. The van der Waals surface area contributed by atoms with Crippen molar-refractivity contribution in [3.8, 4) is 0 Å². The second-order valence-electron chi connectivity index (χ2n) is 6.32. The molecule has 0 aliphatic carbocycles. The SMILES string of the molecule is CC(CN(C)CC1CCCN1C)C(O)c1ccc(F)cn1. The van der Waals surface area contributed by atoms with Crippen LogP contribution in [0.4, 0.5) is 4.39 Å². The molecule has 4 nitrogen and oxygen atoms in total. The summed E-state index contributed by atoms with van der Waals surface area (Å²) < 4.78 is 12.9. The van der Waals surface area contributed by atoms with Gasteiger partial charge in [0.05, 0.1) is 18.0 Å². The molecule has 2 rings (SSSR count). The summed E-state index contributed by atoms with van der Waals surface area (Å²) in [5, 5.41) is 10.3. The van der Waals surface area contributed by atoms with Crippen LogP contribution >= 0.6 is 0 Å². The highest BCUT2D eigenvalue weighted by molar-refractivity contribution is 5.08. The Bertz CT molecular complexity index is 440. The van der Waals surface area contributed by atoms with E-state index in [1.54, 1.807) is 6.07 Å². The topological polar surface area (TPSA) is 39.6 Å². The van der Waals surface area contributed by atoms with Gasteiger partial charge in [-0.2, -0.15) is 0 Å². The van der Waals surface area contributed by atoms with Crippen molar-refractivity contribution in [3.63, 3.8) is 0 Å². The molecule has 0 saturated carbocycles. The summed E-state index contributed by atoms with van der Waals surface area (Å²) in [6.07, 6.45) is 3.02. The molecule has 3 atom stereocenters. The highest BCUT2D eigenvalue weighted by Crippen LogP contribution is 2.22. The number of hydrogen-bond acceptors (Lipinski definition) is 4. The van der Waals surface area contributed by atoms with Gasteiger partial charge in [-0.15, -0.1) is 0 Å². The molecule has 118 valence electrons. The molecule has 0 amide bonds. The van der Waals surface area contributed by atoms with Crippen LogP contribution in [0.2, 0.25) is 0 Å². The van der Waals surface area contributed by atoms with Crippen molar-refractivity contribution in [2.24, 2.45) is 5.92 Å². The second-order valence-corrected chi connectivity index (χ2v) is 6.32. The van der Waals surface area contributed by atoms with E-state index in [4.69, 9.17) is 0 Å². The minimum absolute atomic E-state index is 0.0553. The fourth-order valence-corrected chi connectivity index (χ4v) is 3.09. The Morgan fingerprint density at radius 1 is 1.52 bits per heavy atom. The van der Waals surface area contributed by atoms with E-state index in [-0.39, 0.29) is 11.7 Å². The van der Waals surface area contributed by atoms with E-state index in [1.165, 1.54) is 25.5 Å². The van der Waals surface area contributed by atoms with Crippen LogP contribution in [0, 0.1) is 11.7 Å². The number of hydrogen-bond donors (Lipinski definition) is 1. The average Bonchev–Trinajstić information content (AvgIpc) is 2.84. The van der Waals surface area contributed by atoms with Crippen molar-refractivity contribution in [2.75, 3.05) is 33.7 Å². The van der Waals surface area contributed by atoms with Gasteiger partial charge in [-0.1, -0.05) is 6.92 Å². The molecule has 1 saturated heterocycles. The van der Waals surface area contributed by atoms with Crippen LogP contribution in [-0.4, -0.2) is 59.7 Å². The van der Waals surface area contributed by atoms with Gasteiger partial charge in [0.25, 0.3) is 0 Å². The highest BCUT2D eigenvalue weighted by Gasteiger charge is 2.24. The molecule has 1 aliphatic rings. The van der Waals surface area contributed by atoms with E-state index in [1.807, 2.05) is 6.92 Å². The largest absolute Gasteiger partial charge is 0.386 e. The maximum atomic E-state index is 12.9. The zero-order valence-electron chi connectivity index (χ0n) is 13.2. The lowest BCUT2D eigenvalue weighted by Crippen LogP contribution is -2.39. The first-order chi connectivity index (χ1) is 9.97.